The zero-order chi connectivity index (χ0) is 17.0. The van der Waals surface area contributed by atoms with Gasteiger partial charge >= 0.3 is 0 Å². The topological polar surface area (TPSA) is 65.7 Å². The molecule has 0 spiro atoms. The minimum Gasteiger partial charge on any atom is -0.361 e. The van der Waals surface area contributed by atoms with Gasteiger partial charge in [0, 0.05) is 37.3 Å². The Labute approximate surface area is 162 Å². The molecule has 7 heteroatoms. The summed E-state index contributed by atoms with van der Waals surface area (Å²) in [6, 6.07) is 1.02. The molecule has 1 aliphatic heterocycles. The quantitative estimate of drug-likeness (QED) is 0.411. The van der Waals surface area contributed by atoms with Crippen molar-refractivity contribution in [3.63, 3.8) is 0 Å². The highest BCUT2D eigenvalue weighted by Crippen LogP contribution is 2.19. The number of rotatable bonds is 5. The van der Waals surface area contributed by atoms with E-state index in [-0.39, 0.29) is 24.0 Å². The fraction of sp³-hybridized carbons (Fsp3) is 0.765. The van der Waals surface area contributed by atoms with E-state index in [9.17, 15) is 0 Å². The molecule has 6 nitrogen and oxygen atoms in total. The lowest BCUT2D eigenvalue weighted by atomic mass is 10.1. The molecule has 138 valence electrons. The molecule has 24 heavy (non-hydrogen) atoms. The van der Waals surface area contributed by atoms with Gasteiger partial charge in [-0.05, 0) is 40.5 Å². The van der Waals surface area contributed by atoms with Crippen molar-refractivity contribution in [2.24, 2.45) is 10.9 Å². The smallest absolute Gasteiger partial charge is 0.191 e. The Hall–Kier alpha value is -0.830. The first-order valence-electron chi connectivity index (χ1n) is 8.63. The van der Waals surface area contributed by atoms with Crippen LogP contribution in [-0.4, -0.2) is 47.7 Å². The maximum absolute atomic E-state index is 5.21. The molecule has 2 unspecified atom stereocenters. The fourth-order valence-corrected chi connectivity index (χ4v) is 3.00. The van der Waals surface area contributed by atoms with Gasteiger partial charge < -0.3 is 15.2 Å². The van der Waals surface area contributed by atoms with Gasteiger partial charge in [-0.3, -0.25) is 4.90 Å². The number of hydrogen-bond acceptors (Lipinski definition) is 4. The van der Waals surface area contributed by atoms with E-state index in [0.717, 1.165) is 42.6 Å². The van der Waals surface area contributed by atoms with E-state index in [0.29, 0.717) is 24.5 Å². The number of aliphatic imine (C=N–C) groups is 1. The van der Waals surface area contributed by atoms with Crippen molar-refractivity contribution in [3.05, 3.63) is 17.0 Å². The molecular formula is C17H32IN5O. The van der Waals surface area contributed by atoms with Gasteiger partial charge in [-0.15, -0.1) is 24.0 Å². The number of nitrogens with one attached hydrogen (secondary N) is 2. The molecular weight excluding hydrogens is 417 g/mol. The summed E-state index contributed by atoms with van der Waals surface area (Å²) in [5, 5.41) is 10.9. The Morgan fingerprint density at radius 1 is 1.38 bits per heavy atom. The second kappa shape index (κ2) is 9.60. The van der Waals surface area contributed by atoms with Crippen LogP contribution in [-0.2, 0) is 6.54 Å². The van der Waals surface area contributed by atoms with Crippen LogP contribution in [0.3, 0.4) is 0 Å². The van der Waals surface area contributed by atoms with Crippen LogP contribution in [0.15, 0.2) is 9.52 Å². The third kappa shape index (κ3) is 5.34. The highest BCUT2D eigenvalue weighted by atomic mass is 127. The maximum Gasteiger partial charge on any atom is 0.191 e. The average Bonchev–Trinajstić information content (AvgIpc) is 3.01. The molecule has 0 aromatic carbocycles. The lowest BCUT2D eigenvalue weighted by Crippen LogP contribution is -2.46. The van der Waals surface area contributed by atoms with E-state index in [1.165, 1.54) is 0 Å². The van der Waals surface area contributed by atoms with Crippen molar-refractivity contribution in [2.75, 3.05) is 19.6 Å². The van der Waals surface area contributed by atoms with Crippen LogP contribution in [0.2, 0.25) is 0 Å². The first-order chi connectivity index (χ1) is 10.9. The van der Waals surface area contributed by atoms with Crippen LogP contribution in [0, 0.1) is 19.8 Å². The highest BCUT2D eigenvalue weighted by molar-refractivity contribution is 14.0. The predicted octanol–water partition coefficient (Wildman–Crippen LogP) is 2.69. The number of hydrogen-bond donors (Lipinski definition) is 2. The number of halogens is 1. The summed E-state index contributed by atoms with van der Waals surface area (Å²) in [7, 11) is 0. The zero-order valence-electron chi connectivity index (χ0n) is 15.7. The van der Waals surface area contributed by atoms with Crippen molar-refractivity contribution in [1.29, 1.82) is 0 Å². The Kier molecular flexibility index (Phi) is 8.49. The van der Waals surface area contributed by atoms with Crippen LogP contribution < -0.4 is 10.6 Å². The van der Waals surface area contributed by atoms with Crippen molar-refractivity contribution >= 4 is 29.9 Å². The molecule has 0 aliphatic carbocycles. The zero-order valence-corrected chi connectivity index (χ0v) is 18.0. The van der Waals surface area contributed by atoms with Gasteiger partial charge in [-0.25, -0.2) is 4.99 Å². The molecule has 1 aromatic rings. The lowest BCUT2D eigenvalue weighted by Gasteiger charge is -2.21. The molecule has 0 amide bonds. The highest BCUT2D eigenvalue weighted by Gasteiger charge is 2.31. The van der Waals surface area contributed by atoms with Crippen LogP contribution in [0.5, 0.6) is 0 Å². The van der Waals surface area contributed by atoms with E-state index >= 15 is 0 Å². The van der Waals surface area contributed by atoms with Gasteiger partial charge in [-0.2, -0.15) is 0 Å². The molecule has 1 saturated heterocycles. The average molecular weight is 449 g/mol. The summed E-state index contributed by atoms with van der Waals surface area (Å²) in [5.41, 5.74) is 1.99. The van der Waals surface area contributed by atoms with Gasteiger partial charge in [-0.1, -0.05) is 12.1 Å². The summed E-state index contributed by atoms with van der Waals surface area (Å²) in [5.74, 6) is 2.33. The maximum atomic E-state index is 5.21. The molecule has 0 radical (unpaired) electrons. The normalized spacial score (nSPS) is 21.9. The van der Waals surface area contributed by atoms with Crippen molar-refractivity contribution < 1.29 is 4.52 Å². The van der Waals surface area contributed by atoms with Gasteiger partial charge in [0.2, 0.25) is 0 Å². The number of guanidine groups is 1. The second-order valence-corrected chi connectivity index (χ2v) is 6.77. The Morgan fingerprint density at radius 3 is 2.58 bits per heavy atom. The largest absolute Gasteiger partial charge is 0.361 e. The first-order valence-corrected chi connectivity index (χ1v) is 8.63. The standard InChI is InChI=1S/C17H31N5O.HI/c1-7-18-17(19-8-15-13(5)21-23-14(15)6)20-16-10-22(11(2)3)9-12(16)4;/h11-12,16H,7-10H2,1-6H3,(H2,18,19,20);1H. The molecule has 1 aromatic heterocycles. The number of aromatic nitrogens is 1. The van der Waals surface area contributed by atoms with E-state index in [1.807, 2.05) is 13.8 Å². The van der Waals surface area contributed by atoms with E-state index in [1.54, 1.807) is 0 Å². The van der Waals surface area contributed by atoms with E-state index < -0.39 is 0 Å². The van der Waals surface area contributed by atoms with Gasteiger partial charge in [0.05, 0.1) is 12.2 Å². The summed E-state index contributed by atoms with van der Waals surface area (Å²) in [6.07, 6.45) is 0. The monoisotopic (exact) mass is 449 g/mol. The second-order valence-electron chi connectivity index (χ2n) is 6.77. The molecule has 1 fully saturated rings. The summed E-state index contributed by atoms with van der Waals surface area (Å²) < 4.78 is 5.21. The third-order valence-corrected chi connectivity index (χ3v) is 4.61. The van der Waals surface area contributed by atoms with E-state index in [2.05, 4.69) is 48.4 Å². The van der Waals surface area contributed by atoms with Crippen molar-refractivity contribution in [1.82, 2.24) is 20.7 Å². The number of nitrogens with zero attached hydrogens (tertiary/aromatic N) is 3. The van der Waals surface area contributed by atoms with Crippen LogP contribution in [0.4, 0.5) is 0 Å². The molecule has 2 atom stereocenters. The fourth-order valence-electron chi connectivity index (χ4n) is 3.00. The molecule has 2 N–H and O–H groups in total. The lowest BCUT2D eigenvalue weighted by molar-refractivity contribution is 0.265. The Morgan fingerprint density at radius 2 is 2.08 bits per heavy atom. The molecule has 0 saturated carbocycles. The minimum atomic E-state index is 0. The first kappa shape index (κ1) is 21.2. The van der Waals surface area contributed by atoms with Crippen LogP contribution in [0.25, 0.3) is 0 Å². The summed E-state index contributed by atoms with van der Waals surface area (Å²) in [4.78, 5) is 7.24. The van der Waals surface area contributed by atoms with Gasteiger partial charge in [0.15, 0.2) is 5.96 Å². The summed E-state index contributed by atoms with van der Waals surface area (Å²) in [6.45, 7) is 16.4. The van der Waals surface area contributed by atoms with Crippen LogP contribution >= 0.6 is 24.0 Å². The Balaban J connectivity index is 0.00000288. The molecule has 2 heterocycles. The molecule has 0 bridgehead atoms. The van der Waals surface area contributed by atoms with E-state index in [4.69, 9.17) is 9.52 Å². The molecule has 2 rings (SSSR count). The summed E-state index contributed by atoms with van der Waals surface area (Å²) >= 11 is 0. The van der Waals surface area contributed by atoms with Crippen LogP contribution in [0.1, 0.15) is 44.7 Å². The predicted molar refractivity (Wildman–Crippen MR) is 109 cm³/mol. The van der Waals surface area contributed by atoms with Crippen molar-refractivity contribution in [3.8, 4) is 0 Å². The number of aryl methyl sites for hydroxylation is 2. The van der Waals surface area contributed by atoms with Crippen molar-refractivity contribution in [2.45, 2.75) is 60.2 Å². The SMILES string of the molecule is CCNC(=NCc1c(C)noc1C)NC1CN(C(C)C)CC1C.I. The van der Waals surface area contributed by atoms with Gasteiger partial charge in [0.1, 0.15) is 5.76 Å². The minimum absolute atomic E-state index is 0. The van der Waals surface area contributed by atoms with Gasteiger partial charge in [0.25, 0.3) is 0 Å². The molecule has 1 aliphatic rings. The Bertz CT molecular complexity index is 524. The third-order valence-electron chi connectivity index (χ3n) is 4.61. The number of likely N-dealkylation sites (tertiary alicyclic amines) is 1.